The summed E-state index contributed by atoms with van der Waals surface area (Å²) in [5.74, 6) is -0.198. The largest absolute Gasteiger partial charge is 0.294 e. The van der Waals surface area contributed by atoms with E-state index in [1.54, 1.807) is 18.3 Å². The summed E-state index contributed by atoms with van der Waals surface area (Å²) in [4.78, 5) is 16.9. The van der Waals surface area contributed by atoms with Crippen LogP contribution in [0.15, 0.2) is 72.9 Å². The number of hydrogen-bond acceptors (Lipinski definition) is 2. The number of carbonyl (C=O) groups excluding carboxylic acids is 1. The van der Waals surface area contributed by atoms with Crippen molar-refractivity contribution in [2.75, 3.05) is 0 Å². The molecule has 3 rings (SSSR count). The van der Waals surface area contributed by atoms with Gasteiger partial charge in [0.1, 0.15) is 5.82 Å². The number of halogens is 1. The highest BCUT2D eigenvalue weighted by molar-refractivity contribution is 6.02. The highest BCUT2D eigenvalue weighted by Crippen LogP contribution is 2.23. The summed E-state index contributed by atoms with van der Waals surface area (Å²) < 4.78 is 12.9. The molecule has 0 fully saturated rings. The zero-order valence-corrected chi connectivity index (χ0v) is 12.6. The van der Waals surface area contributed by atoms with Gasteiger partial charge in [-0.3, -0.25) is 9.78 Å². The lowest BCUT2D eigenvalue weighted by Gasteiger charge is -2.08. The van der Waals surface area contributed by atoms with Crippen molar-refractivity contribution < 1.29 is 9.18 Å². The Morgan fingerprint density at radius 1 is 0.913 bits per heavy atom. The van der Waals surface area contributed by atoms with E-state index in [0.29, 0.717) is 18.4 Å². The number of benzene rings is 2. The Balaban J connectivity index is 1.79. The van der Waals surface area contributed by atoms with Gasteiger partial charge in [-0.25, -0.2) is 4.39 Å². The van der Waals surface area contributed by atoms with Crippen molar-refractivity contribution in [3.05, 3.63) is 89.9 Å². The SMILES string of the molecule is O=C(CCc1ccc(F)cc1)c1ccccc1-c1ccccn1. The third-order valence-electron chi connectivity index (χ3n) is 3.72. The van der Waals surface area contributed by atoms with Gasteiger partial charge in [-0.1, -0.05) is 42.5 Å². The molecule has 114 valence electrons. The lowest BCUT2D eigenvalue weighted by molar-refractivity contribution is 0.0983. The van der Waals surface area contributed by atoms with Gasteiger partial charge in [-0.05, 0) is 36.2 Å². The van der Waals surface area contributed by atoms with Crippen molar-refractivity contribution in [3.63, 3.8) is 0 Å². The first-order chi connectivity index (χ1) is 11.2. The maximum atomic E-state index is 12.9. The molecule has 0 unspecified atom stereocenters. The second-order valence-corrected chi connectivity index (χ2v) is 5.31. The Hall–Kier alpha value is -2.81. The first kappa shape index (κ1) is 15.1. The molecule has 3 heteroatoms. The van der Waals surface area contributed by atoms with E-state index >= 15 is 0 Å². The van der Waals surface area contributed by atoms with Crippen LogP contribution in [0.4, 0.5) is 4.39 Å². The quantitative estimate of drug-likeness (QED) is 0.639. The fourth-order valence-corrected chi connectivity index (χ4v) is 2.52. The number of Topliss-reactive ketones (excluding diaryl/α,β-unsaturated/α-hetero) is 1. The van der Waals surface area contributed by atoms with E-state index in [1.165, 1.54) is 12.1 Å². The van der Waals surface area contributed by atoms with Crippen LogP contribution in [-0.4, -0.2) is 10.8 Å². The molecular formula is C20H16FNO. The molecule has 0 N–H and O–H groups in total. The van der Waals surface area contributed by atoms with Crippen LogP contribution >= 0.6 is 0 Å². The van der Waals surface area contributed by atoms with Crippen LogP contribution in [-0.2, 0) is 6.42 Å². The molecule has 0 amide bonds. The monoisotopic (exact) mass is 305 g/mol. The smallest absolute Gasteiger partial charge is 0.163 e. The van der Waals surface area contributed by atoms with Gasteiger partial charge in [0.25, 0.3) is 0 Å². The van der Waals surface area contributed by atoms with Crippen LogP contribution in [0.5, 0.6) is 0 Å². The van der Waals surface area contributed by atoms with Gasteiger partial charge < -0.3 is 0 Å². The molecule has 0 atom stereocenters. The molecular weight excluding hydrogens is 289 g/mol. The molecule has 0 spiro atoms. The Morgan fingerprint density at radius 3 is 2.39 bits per heavy atom. The van der Waals surface area contributed by atoms with Gasteiger partial charge in [0, 0.05) is 23.7 Å². The second kappa shape index (κ2) is 6.97. The number of carbonyl (C=O) groups is 1. The van der Waals surface area contributed by atoms with E-state index in [4.69, 9.17) is 0 Å². The van der Waals surface area contributed by atoms with Crippen molar-refractivity contribution in [2.24, 2.45) is 0 Å². The van der Waals surface area contributed by atoms with E-state index < -0.39 is 0 Å². The molecule has 0 saturated heterocycles. The van der Waals surface area contributed by atoms with Gasteiger partial charge in [0.05, 0.1) is 5.69 Å². The van der Waals surface area contributed by atoms with Gasteiger partial charge in [0.15, 0.2) is 5.78 Å². The van der Waals surface area contributed by atoms with E-state index in [2.05, 4.69) is 4.98 Å². The topological polar surface area (TPSA) is 30.0 Å². The average Bonchev–Trinajstić information content (AvgIpc) is 2.62. The molecule has 0 radical (unpaired) electrons. The number of hydrogen-bond donors (Lipinski definition) is 0. The summed E-state index contributed by atoms with van der Waals surface area (Å²) in [6.45, 7) is 0. The maximum Gasteiger partial charge on any atom is 0.163 e. The summed E-state index contributed by atoms with van der Waals surface area (Å²) in [7, 11) is 0. The molecule has 0 aliphatic carbocycles. The Labute approximate surface area is 134 Å². The standard InChI is InChI=1S/C20H16FNO/c21-16-11-8-15(9-12-16)10-13-20(23)18-6-2-1-5-17(18)19-7-3-4-14-22-19/h1-9,11-12,14H,10,13H2. The van der Waals surface area contributed by atoms with Crippen molar-refractivity contribution in [1.29, 1.82) is 0 Å². The summed E-state index contributed by atoms with van der Waals surface area (Å²) >= 11 is 0. The van der Waals surface area contributed by atoms with Gasteiger partial charge >= 0.3 is 0 Å². The summed E-state index contributed by atoms with van der Waals surface area (Å²) in [5.41, 5.74) is 3.26. The molecule has 0 saturated carbocycles. The first-order valence-electron chi connectivity index (χ1n) is 7.52. The Bertz CT molecular complexity index is 797. The van der Waals surface area contributed by atoms with Crippen LogP contribution in [0.1, 0.15) is 22.3 Å². The fraction of sp³-hybridized carbons (Fsp3) is 0.100. The molecule has 0 aliphatic heterocycles. The van der Waals surface area contributed by atoms with E-state index in [1.807, 2.05) is 42.5 Å². The molecule has 23 heavy (non-hydrogen) atoms. The van der Waals surface area contributed by atoms with Crippen molar-refractivity contribution in [1.82, 2.24) is 4.98 Å². The van der Waals surface area contributed by atoms with Gasteiger partial charge in [-0.15, -0.1) is 0 Å². The highest BCUT2D eigenvalue weighted by Gasteiger charge is 2.13. The van der Waals surface area contributed by atoms with E-state index in [9.17, 15) is 9.18 Å². The lowest BCUT2D eigenvalue weighted by atomic mass is 9.96. The number of rotatable bonds is 5. The van der Waals surface area contributed by atoms with E-state index in [-0.39, 0.29) is 11.6 Å². The molecule has 3 aromatic rings. The van der Waals surface area contributed by atoms with Crippen LogP contribution < -0.4 is 0 Å². The van der Waals surface area contributed by atoms with Crippen molar-refractivity contribution >= 4 is 5.78 Å². The van der Waals surface area contributed by atoms with Crippen LogP contribution in [0.3, 0.4) is 0 Å². The normalized spacial score (nSPS) is 10.5. The molecule has 2 aromatic carbocycles. The maximum absolute atomic E-state index is 12.9. The predicted molar refractivity (Wildman–Crippen MR) is 88.7 cm³/mol. The summed E-state index contributed by atoms with van der Waals surface area (Å²) in [5, 5.41) is 0. The molecule has 0 aliphatic rings. The molecule has 0 bridgehead atoms. The minimum absolute atomic E-state index is 0.0654. The number of pyridine rings is 1. The number of aromatic nitrogens is 1. The second-order valence-electron chi connectivity index (χ2n) is 5.31. The predicted octanol–water partition coefficient (Wildman–Crippen LogP) is 4.70. The highest BCUT2D eigenvalue weighted by atomic mass is 19.1. The summed E-state index contributed by atoms with van der Waals surface area (Å²) in [6, 6.07) is 19.4. The minimum atomic E-state index is -0.263. The van der Waals surface area contributed by atoms with Crippen LogP contribution in [0.2, 0.25) is 0 Å². The first-order valence-corrected chi connectivity index (χ1v) is 7.52. The third-order valence-corrected chi connectivity index (χ3v) is 3.72. The number of aryl methyl sites for hydroxylation is 1. The van der Waals surface area contributed by atoms with Crippen LogP contribution in [0.25, 0.3) is 11.3 Å². The van der Waals surface area contributed by atoms with Gasteiger partial charge in [-0.2, -0.15) is 0 Å². The zero-order valence-electron chi connectivity index (χ0n) is 12.6. The Morgan fingerprint density at radius 2 is 1.65 bits per heavy atom. The van der Waals surface area contributed by atoms with Gasteiger partial charge in [0.2, 0.25) is 0 Å². The van der Waals surface area contributed by atoms with Crippen molar-refractivity contribution in [2.45, 2.75) is 12.8 Å². The lowest BCUT2D eigenvalue weighted by Crippen LogP contribution is -2.04. The average molecular weight is 305 g/mol. The Kier molecular flexibility index (Phi) is 4.57. The molecule has 2 nitrogen and oxygen atoms in total. The number of nitrogens with zero attached hydrogens (tertiary/aromatic N) is 1. The van der Waals surface area contributed by atoms with Crippen molar-refractivity contribution in [3.8, 4) is 11.3 Å². The molecule has 1 heterocycles. The zero-order chi connectivity index (χ0) is 16.1. The third kappa shape index (κ3) is 3.69. The molecule has 1 aromatic heterocycles. The van der Waals surface area contributed by atoms with E-state index in [0.717, 1.165) is 16.8 Å². The summed E-state index contributed by atoms with van der Waals surface area (Å²) in [6.07, 6.45) is 2.69. The minimum Gasteiger partial charge on any atom is -0.294 e. The number of ketones is 1. The van der Waals surface area contributed by atoms with Crippen LogP contribution in [0, 0.1) is 5.82 Å². The fourth-order valence-electron chi connectivity index (χ4n) is 2.52.